The van der Waals surface area contributed by atoms with Gasteiger partial charge in [0.25, 0.3) is 0 Å². The average Bonchev–Trinajstić information content (AvgIpc) is 3.59. The minimum atomic E-state index is -0.916. The lowest BCUT2D eigenvalue weighted by Gasteiger charge is -2.37. The second kappa shape index (κ2) is 15.0. The summed E-state index contributed by atoms with van der Waals surface area (Å²) in [6.45, 7) is 8.69. The second-order valence-electron chi connectivity index (χ2n) is 15.2. The first kappa shape index (κ1) is 37.3. The van der Waals surface area contributed by atoms with Gasteiger partial charge in [-0.3, -0.25) is 28.7 Å². The SMILES string of the molecule is CNCCn1c(=O)n(CCC(C)(C)O)c2cc(Nc3nc(N4CC[C@@H](Nc5ccc6c(C7CCC(=O)NC7=O)nn(C)c6c5)[C@H](C)C4)ncc3Cl)ccc21. The fourth-order valence-electron chi connectivity index (χ4n) is 7.52. The highest BCUT2D eigenvalue weighted by molar-refractivity contribution is 6.33. The van der Waals surface area contributed by atoms with Crippen molar-refractivity contribution >= 4 is 68.5 Å². The summed E-state index contributed by atoms with van der Waals surface area (Å²) in [7, 11) is 3.73. The molecule has 0 aliphatic carbocycles. The fraction of sp³-hybridized carbons (Fsp3) is 0.474. The van der Waals surface area contributed by atoms with Crippen LogP contribution < -0.4 is 31.9 Å². The quantitative estimate of drug-likeness (QED) is 0.116. The molecule has 2 saturated heterocycles. The number of nitrogens with zero attached hydrogens (tertiary/aromatic N) is 7. The van der Waals surface area contributed by atoms with Crippen molar-refractivity contribution in [2.45, 2.75) is 77.1 Å². The Bertz CT molecular complexity index is 2270. The van der Waals surface area contributed by atoms with Crippen molar-refractivity contribution in [3.05, 3.63) is 63.8 Å². The lowest BCUT2D eigenvalue weighted by atomic mass is 9.92. The second-order valence-corrected chi connectivity index (χ2v) is 15.6. The maximum atomic E-state index is 13.5. The molecule has 0 saturated carbocycles. The van der Waals surface area contributed by atoms with E-state index in [9.17, 15) is 19.5 Å². The van der Waals surface area contributed by atoms with Gasteiger partial charge in [-0.2, -0.15) is 10.1 Å². The highest BCUT2D eigenvalue weighted by Crippen LogP contribution is 2.33. The molecule has 15 nitrogen and oxygen atoms in total. The number of imidazole rings is 1. The molecule has 7 rings (SSSR count). The van der Waals surface area contributed by atoms with E-state index in [2.05, 4.69) is 49.2 Å². The molecule has 5 aromatic rings. The van der Waals surface area contributed by atoms with Gasteiger partial charge in [-0.15, -0.1) is 0 Å². The predicted molar refractivity (Wildman–Crippen MR) is 211 cm³/mol. The minimum absolute atomic E-state index is 0.118. The van der Waals surface area contributed by atoms with Crippen LogP contribution in [0.2, 0.25) is 5.02 Å². The molecule has 2 amide bonds. The largest absolute Gasteiger partial charge is 0.390 e. The van der Waals surface area contributed by atoms with Gasteiger partial charge in [0.15, 0.2) is 5.82 Å². The van der Waals surface area contributed by atoms with Crippen LogP contribution in [0, 0.1) is 5.92 Å². The van der Waals surface area contributed by atoms with E-state index in [4.69, 9.17) is 16.6 Å². The van der Waals surface area contributed by atoms with E-state index in [0.29, 0.717) is 61.4 Å². The number of aromatic nitrogens is 6. The van der Waals surface area contributed by atoms with Gasteiger partial charge in [0.2, 0.25) is 17.8 Å². The summed E-state index contributed by atoms with van der Waals surface area (Å²) in [5.74, 6) is 0.323. The van der Waals surface area contributed by atoms with Crippen LogP contribution in [-0.4, -0.2) is 84.1 Å². The molecule has 2 fully saturated rings. The van der Waals surface area contributed by atoms with Crippen molar-refractivity contribution in [3.8, 4) is 0 Å². The number of imide groups is 1. The lowest BCUT2D eigenvalue weighted by Crippen LogP contribution is -2.46. The number of rotatable bonds is 12. The number of fused-ring (bicyclic) bond motifs is 2. The monoisotopic (exact) mass is 757 g/mol. The molecule has 2 aromatic carbocycles. The summed E-state index contributed by atoms with van der Waals surface area (Å²) in [4.78, 5) is 49.3. The molecule has 286 valence electrons. The Balaban J connectivity index is 1.05. The number of likely N-dealkylation sites (N-methyl/N-ethyl adjacent to an activating group) is 1. The number of amides is 2. The van der Waals surface area contributed by atoms with Crippen LogP contribution in [0.4, 0.5) is 23.1 Å². The lowest BCUT2D eigenvalue weighted by molar-refractivity contribution is -0.134. The number of hydrogen-bond donors (Lipinski definition) is 5. The Kier molecular flexibility index (Phi) is 10.4. The number of aliphatic hydroxyl groups is 1. The Hall–Kier alpha value is -4.99. The highest BCUT2D eigenvalue weighted by Gasteiger charge is 2.32. The number of carbonyl (C=O) groups is 2. The maximum Gasteiger partial charge on any atom is 0.329 e. The molecule has 2 aliphatic heterocycles. The third-order valence-corrected chi connectivity index (χ3v) is 10.8. The van der Waals surface area contributed by atoms with E-state index in [1.54, 1.807) is 33.9 Å². The number of hydrogen-bond acceptors (Lipinski definition) is 11. The third-order valence-electron chi connectivity index (χ3n) is 10.5. The molecule has 1 unspecified atom stereocenters. The summed E-state index contributed by atoms with van der Waals surface area (Å²) in [6.07, 6.45) is 3.65. The highest BCUT2D eigenvalue weighted by atomic mass is 35.5. The van der Waals surface area contributed by atoms with E-state index in [0.717, 1.165) is 52.8 Å². The first-order valence-corrected chi connectivity index (χ1v) is 18.9. The Morgan fingerprint density at radius 1 is 1.02 bits per heavy atom. The summed E-state index contributed by atoms with van der Waals surface area (Å²) in [6, 6.07) is 12.1. The molecule has 0 spiro atoms. The first-order chi connectivity index (χ1) is 25.8. The van der Waals surface area contributed by atoms with E-state index in [1.165, 1.54) is 0 Å². The van der Waals surface area contributed by atoms with Crippen LogP contribution in [-0.2, 0) is 29.7 Å². The van der Waals surface area contributed by atoms with Gasteiger partial charge in [0.1, 0.15) is 5.02 Å². The predicted octanol–water partition coefficient (Wildman–Crippen LogP) is 4.10. The van der Waals surface area contributed by atoms with Crippen molar-refractivity contribution in [1.29, 1.82) is 0 Å². The molecule has 3 aromatic heterocycles. The maximum absolute atomic E-state index is 13.5. The van der Waals surface area contributed by atoms with Crippen LogP contribution in [0.15, 0.2) is 47.4 Å². The smallest absolute Gasteiger partial charge is 0.329 e. The topological polar surface area (TPSA) is 176 Å². The fourth-order valence-corrected chi connectivity index (χ4v) is 7.65. The van der Waals surface area contributed by atoms with Crippen molar-refractivity contribution < 1.29 is 14.7 Å². The van der Waals surface area contributed by atoms with Crippen LogP contribution in [0.3, 0.4) is 0 Å². The Morgan fingerprint density at radius 2 is 1.78 bits per heavy atom. The minimum Gasteiger partial charge on any atom is -0.390 e. The number of nitrogens with one attached hydrogen (secondary N) is 4. The summed E-state index contributed by atoms with van der Waals surface area (Å²) in [5, 5.41) is 29.0. The number of benzene rings is 2. The molecule has 0 radical (unpaired) electrons. The van der Waals surface area contributed by atoms with Gasteiger partial charge in [0.05, 0.1) is 40.0 Å². The normalized spacial score (nSPS) is 19.5. The number of anilines is 4. The summed E-state index contributed by atoms with van der Waals surface area (Å²) >= 11 is 6.62. The van der Waals surface area contributed by atoms with Crippen LogP contribution in [0.5, 0.6) is 0 Å². The number of aryl methyl sites for hydroxylation is 2. The van der Waals surface area contributed by atoms with Gasteiger partial charge < -0.3 is 26.0 Å². The number of halogens is 1. The molecular weight excluding hydrogens is 710 g/mol. The van der Waals surface area contributed by atoms with Crippen molar-refractivity contribution in [1.82, 2.24) is 39.5 Å². The molecule has 0 bridgehead atoms. The summed E-state index contributed by atoms with van der Waals surface area (Å²) < 4.78 is 5.27. The zero-order chi connectivity index (χ0) is 38.3. The standard InChI is InChI=1S/C38H48ClN11O4/c1-22-21-48(15-12-28(22)42-23-6-8-25-30(18-23)47(5)46-33(25)26-9-11-32(51)44-35(26)52)36-41-20-27(39)34(45-36)43-24-7-10-29-31(19-24)49(16-13-38(2,3)54)37(53)50(29)17-14-40-4/h6-8,10,18-20,22,26,28,40,42,54H,9,11-17,21H2,1-5H3,(H,41,43,45)(H,44,51,52)/t22-,26?,28-/m1/s1. The third kappa shape index (κ3) is 7.66. The average molecular weight is 758 g/mol. The van der Waals surface area contributed by atoms with Crippen molar-refractivity contribution in [3.63, 3.8) is 0 Å². The van der Waals surface area contributed by atoms with Crippen LogP contribution in [0.25, 0.3) is 21.9 Å². The molecule has 5 heterocycles. The zero-order valence-corrected chi connectivity index (χ0v) is 32.1. The van der Waals surface area contributed by atoms with E-state index >= 15 is 0 Å². The van der Waals surface area contributed by atoms with Gasteiger partial charge in [-0.1, -0.05) is 18.5 Å². The van der Waals surface area contributed by atoms with E-state index in [-0.39, 0.29) is 29.5 Å². The van der Waals surface area contributed by atoms with Gasteiger partial charge in [-0.05, 0) is 82.5 Å². The van der Waals surface area contributed by atoms with Gasteiger partial charge in [-0.25, -0.2) is 9.78 Å². The molecule has 5 N–H and O–H groups in total. The number of piperidine rings is 2. The molecule has 3 atom stereocenters. The molecule has 16 heteroatoms. The van der Waals surface area contributed by atoms with Gasteiger partial charge in [0, 0.05) is 69.0 Å². The summed E-state index contributed by atoms with van der Waals surface area (Å²) in [5.41, 5.74) is 3.85. The van der Waals surface area contributed by atoms with E-state index < -0.39 is 11.5 Å². The van der Waals surface area contributed by atoms with Crippen LogP contribution in [0.1, 0.15) is 58.1 Å². The Morgan fingerprint density at radius 3 is 2.52 bits per heavy atom. The molecule has 54 heavy (non-hydrogen) atoms. The first-order valence-electron chi connectivity index (χ1n) is 18.5. The van der Waals surface area contributed by atoms with Gasteiger partial charge >= 0.3 is 5.69 Å². The molecule has 2 aliphatic rings. The van der Waals surface area contributed by atoms with E-state index in [1.807, 2.05) is 44.4 Å². The molecular formula is C38H48ClN11O4. The number of carbonyl (C=O) groups excluding carboxylic acids is 2. The van der Waals surface area contributed by atoms with Crippen LogP contribution >= 0.6 is 11.6 Å². The Labute approximate surface area is 318 Å². The zero-order valence-electron chi connectivity index (χ0n) is 31.3. The van der Waals surface area contributed by atoms with Crippen molar-refractivity contribution in [2.75, 3.05) is 42.2 Å². The van der Waals surface area contributed by atoms with Crippen molar-refractivity contribution in [2.24, 2.45) is 13.0 Å².